The number of fused-ring (bicyclic) bond motifs is 1. The first-order valence-corrected chi connectivity index (χ1v) is 19.8. The minimum absolute atomic E-state index is 0.00647. The van der Waals surface area contributed by atoms with Gasteiger partial charge >= 0.3 is 0 Å². The van der Waals surface area contributed by atoms with Crippen molar-refractivity contribution in [3.05, 3.63) is 174 Å². The highest BCUT2D eigenvalue weighted by Gasteiger charge is 2.45. The van der Waals surface area contributed by atoms with Crippen LogP contribution in [0.5, 0.6) is 0 Å². The van der Waals surface area contributed by atoms with E-state index in [1.807, 2.05) is 42.5 Å². The highest BCUT2D eigenvalue weighted by atomic mass is 16.3. The largest absolute Gasteiger partial charge is 0.459 e. The van der Waals surface area contributed by atoms with Crippen molar-refractivity contribution in [2.75, 3.05) is 23.3 Å². The van der Waals surface area contributed by atoms with Crippen molar-refractivity contribution in [3.8, 4) is 11.1 Å². The highest BCUT2D eigenvalue weighted by Crippen LogP contribution is 2.34. The second-order valence-electron chi connectivity index (χ2n) is 14.5. The third kappa shape index (κ3) is 8.31. The fourth-order valence-corrected chi connectivity index (χ4v) is 7.62. The molecule has 0 radical (unpaired) electrons. The molecule has 1 saturated heterocycles. The summed E-state index contributed by atoms with van der Waals surface area (Å²) in [6.45, 7) is 0.115. The summed E-state index contributed by atoms with van der Waals surface area (Å²) in [7, 11) is 0. The van der Waals surface area contributed by atoms with E-state index in [-0.39, 0.29) is 42.8 Å². The van der Waals surface area contributed by atoms with Crippen molar-refractivity contribution in [1.82, 2.24) is 25.8 Å². The van der Waals surface area contributed by atoms with Crippen LogP contribution >= 0.6 is 0 Å². The molecule has 2 aliphatic heterocycles. The number of nitrogens with one attached hydrogen (secondary N) is 4. The van der Waals surface area contributed by atoms with Crippen LogP contribution in [0.2, 0.25) is 0 Å². The SMILES string of the molecule is O=C1CCC(N2C(=O)c3cccc(NCCNC(=O)[C@@H](NC(=O)[C@@H](c4cccnc4)N(C(=O)c4ccco4)c4ccc(-c5ccccc5)cc4)c4ccccc4)c3C2=O)C(=O)N1. The molecule has 2 aromatic heterocycles. The number of pyridine rings is 1. The van der Waals surface area contributed by atoms with Crippen LogP contribution in [0.3, 0.4) is 0 Å². The Kier molecular flexibility index (Phi) is 11.8. The second kappa shape index (κ2) is 18.0. The molecular weight excluding hydrogens is 791 g/mol. The number of amides is 7. The molecule has 310 valence electrons. The Morgan fingerprint density at radius 2 is 1.48 bits per heavy atom. The molecule has 0 saturated carbocycles. The van der Waals surface area contributed by atoms with Gasteiger partial charge < -0.3 is 20.4 Å². The minimum atomic E-state index is -1.33. The summed E-state index contributed by atoms with van der Waals surface area (Å²) in [6.07, 6.45) is 4.41. The summed E-state index contributed by atoms with van der Waals surface area (Å²) >= 11 is 0. The number of carbonyl (C=O) groups excluding carboxylic acids is 7. The van der Waals surface area contributed by atoms with Gasteiger partial charge in [-0.3, -0.25) is 53.7 Å². The number of benzene rings is 4. The molecule has 1 unspecified atom stereocenters. The van der Waals surface area contributed by atoms with Crippen molar-refractivity contribution in [3.63, 3.8) is 0 Å². The Morgan fingerprint density at radius 3 is 2.18 bits per heavy atom. The Labute approximate surface area is 355 Å². The van der Waals surface area contributed by atoms with Gasteiger partial charge in [-0.15, -0.1) is 0 Å². The summed E-state index contributed by atoms with van der Waals surface area (Å²) in [5.74, 6) is -4.37. The number of imide groups is 2. The first kappa shape index (κ1) is 40.6. The van der Waals surface area contributed by atoms with Gasteiger partial charge in [-0.25, -0.2) is 0 Å². The molecule has 4 N–H and O–H groups in total. The topological polar surface area (TPSA) is 200 Å². The molecule has 4 heterocycles. The molecular formula is C47H39N7O8. The van der Waals surface area contributed by atoms with Gasteiger partial charge in [0.25, 0.3) is 17.7 Å². The molecule has 3 atom stereocenters. The van der Waals surface area contributed by atoms with Crippen LogP contribution in [0, 0.1) is 0 Å². The molecule has 2 aliphatic rings. The van der Waals surface area contributed by atoms with Gasteiger partial charge in [-0.2, -0.15) is 0 Å². The van der Waals surface area contributed by atoms with E-state index in [0.29, 0.717) is 22.5 Å². The van der Waals surface area contributed by atoms with Crippen LogP contribution in [-0.4, -0.2) is 70.4 Å². The lowest BCUT2D eigenvalue weighted by Gasteiger charge is -2.32. The summed E-state index contributed by atoms with van der Waals surface area (Å²) in [6, 6.07) is 32.9. The minimum Gasteiger partial charge on any atom is -0.459 e. The molecule has 15 nitrogen and oxygen atoms in total. The van der Waals surface area contributed by atoms with Gasteiger partial charge in [0.2, 0.25) is 23.6 Å². The van der Waals surface area contributed by atoms with E-state index in [1.165, 1.54) is 29.5 Å². The monoisotopic (exact) mass is 829 g/mol. The van der Waals surface area contributed by atoms with E-state index in [0.717, 1.165) is 16.0 Å². The molecule has 62 heavy (non-hydrogen) atoms. The number of aromatic nitrogens is 1. The fourth-order valence-electron chi connectivity index (χ4n) is 7.62. The van der Waals surface area contributed by atoms with Crippen molar-refractivity contribution in [2.45, 2.75) is 31.0 Å². The number of hydrogen-bond donors (Lipinski definition) is 4. The lowest BCUT2D eigenvalue weighted by atomic mass is 10.0. The smallest absolute Gasteiger partial charge is 0.294 e. The zero-order chi connectivity index (χ0) is 43.2. The van der Waals surface area contributed by atoms with Crippen LogP contribution in [0.25, 0.3) is 11.1 Å². The molecule has 15 heteroatoms. The van der Waals surface area contributed by atoms with E-state index < -0.39 is 59.5 Å². The number of hydrogen-bond acceptors (Lipinski definition) is 10. The molecule has 8 rings (SSSR count). The van der Waals surface area contributed by atoms with Crippen LogP contribution < -0.4 is 26.2 Å². The van der Waals surface area contributed by atoms with Gasteiger partial charge in [-0.1, -0.05) is 84.9 Å². The van der Waals surface area contributed by atoms with E-state index in [2.05, 4.69) is 26.3 Å². The number of nitrogens with zero attached hydrogens (tertiary/aromatic N) is 3. The first-order valence-electron chi connectivity index (χ1n) is 19.8. The normalized spacial score (nSPS) is 15.5. The van der Waals surface area contributed by atoms with E-state index >= 15 is 0 Å². The number of anilines is 2. The van der Waals surface area contributed by atoms with Gasteiger partial charge in [0.1, 0.15) is 18.1 Å². The van der Waals surface area contributed by atoms with Crippen molar-refractivity contribution >= 4 is 52.7 Å². The maximum Gasteiger partial charge on any atom is 0.294 e. The predicted molar refractivity (Wildman–Crippen MR) is 226 cm³/mol. The molecule has 0 aliphatic carbocycles. The number of rotatable bonds is 14. The Hall–Kier alpha value is -8.20. The maximum absolute atomic E-state index is 14.8. The van der Waals surface area contributed by atoms with E-state index in [4.69, 9.17) is 4.42 Å². The average Bonchev–Trinajstić information content (AvgIpc) is 3.94. The predicted octanol–water partition coefficient (Wildman–Crippen LogP) is 5.22. The average molecular weight is 830 g/mol. The highest BCUT2D eigenvalue weighted by molar-refractivity contribution is 6.25. The fraction of sp³-hybridized carbons (Fsp3) is 0.149. The van der Waals surface area contributed by atoms with Crippen molar-refractivity contribution in [2.24, 2.45) is 0 Å². The Bertz CT molecular complexity index is 2640. The molecule has 7 amide bonds. The number of piperidine rings is 1. The summed E-state index contributed by atoms with van der Waals surface area (Å²) in [5, 5.41) is 11.0. The van der Waals surface area contributed by atoms with Gasteiger partial charge in [0.05, 0.1) is 17.4 Å². The van der Waals surface area contributed by atoms with Crippen LogP contribution in [0.1, 0.15) is 67.3 Å². The standard InChI is InChI=1S/C47H39N7O8/c55-38-23-22-36(42(56)51-38)54-45(59)34-15-7-16-35(39(34)47(54)61)49-25-26-50-43(57)40(31-12-5-2-6-13-31)52-44(58)41(32-14-8-24-48-28-32)53(46(60)37-17-9-27-62-37)33-20-18-30(19-21-33)29-10-3-1-4-11-29/h1-21,24,27-28,36,40-41,49H,22-23,25-26H2,(H,50,57)(H,52,58)(H,51,55,56)/t36?,40-,41+/m0/s1. The summed E-state index contributed by atoms with van der Waals surface area (Å²) in [4.78, 5) is 101. The molecule has 4 aromatic carbocycles. The summed E-state index contributed by atoms with van der Waals surface area (Å²) in [5.41, 5.74) is 3.57. The van der Waals surface area contributed by atoms with Gasteiger partial charge in [0, 0.05) is 48.8 Å². The van der Waals surface area contributed by atoms with Gasteiger partial charge in [-0.05, 0) is 65.6 Å². The van der Waals surface area contributed by atoms with Crippen molar-refractivity contribution < 1.29 is 38.0 Å². The van der Waals surface area contributed by atoms with E-state index in [1.54, 1.807) is 79.0 Å². The van der Waals surface area contributed by atoms with Gasteiger partial charge in [0.15, 0.2) is 5.76 Å². The van der Waals surface area contributed by atoms with Crippen molar-refractivity contribution in [1.29, 1.82) is 0 Å². The Morgan fingerprint density at radius 1 is 0.758 bits per heavy atom. The molecule has 6 aromatic rings. The lowest BCUT2D eigenvalue weighted by molar-refractivity contribution is -0.136. The zero-order valence-corrected chi connectivity index (χ0v) is 33.0. The maximum atomic E-state index is 14.8. The number of carbonyl (C=O) groups is 7. The van der Waals surface area contributed by atoms with Crippen LogP contribution in [-0.2, 0) is 19.2 Å². The molecule has 1 fully saturated rings. The molecule has 0 bridgehead atoms. The summed E-state index contributed by atoms with van der Waals surface area (Å²) < 4.78 is 5.54. The first-order chi connectivity index (χ1) is 30.2. The molecule has 0 spiro atoms. The second-order valence-corrected chi connectivity index (χ2v) is 14.5. The zero-order valence-electron chi connectivity index (χ0n) is 33.0. The quantitative estimate of drug-likeness (QED) is 0.0834. The third-order valence-electron chi connectivity index (χ3n) is 10.6. The lowest BCUT2D eigenvalue weighted by Crippen LogP contribution is -2.54. The van der Waals surface area contributed by atoms with Crippen LogP contribution in [0.4, 0.5) is 11.4 Å². The Balaban J connectivity index is 1.03. The van der Waals surface area contributed by atoms with E-state index in [9.17, 15) is 33.6 Å². The van der Waals surface area contributed by atoms with Crippen LogP contribution in [0.15, 0.2) is 150 Å². The third-order valence-corrected chi connectivity index (χ3v) is 10.6. The number of furan rings is 1.